The van der Waals surface area contributed by atoms with Gasteiger partial charge in [0.1, 0.15) is 0 Å². The zero-order chi connectivity index (χ0) is 9.45. The second-order valence-electron chi connectivity index (χ2n) is 3.03. The molecule has 0 amide bonds. The first-order chi connectivity index (χ1) is 5.68. The summed E-state index contributed by atoms with van der Waals surface area (Å²) in [5.74, 6) is 1.84. The molecule has 2 N–H and O–H groups in total. The van der Waals surface area contributed by atoms with E-state index in [4.69, 9.17) is 40.5 Å². The Morgan fingerprint density at radius 1 is 0.833 bits per heavy atom. The predicted molar refractivity (Wildman–Crippen MR) is 57.5 cm³/mol. The van der Waals surface area contributed by atoms with Gasteiger partial charge in [0.2, 0.25) is 0 Å². The molecule has 0 atom stereocenters. The molecule has 1 nitrogen and oxygen atoms in total. The molecule has 0 bridgehead atoms. The Kier molecular flexibility index (Phi) is 7.76. The zero-order valence-corrected chi connectivity index (χ0v) is 9.43. The monoisotopic (exact) mass is 231 g/mol. The Balaban J connectivity index is 3.80. The summed E-state index contributed by atoms with van der Waals surface area (Å²) in [7, 11) is 0. The SMILES string of the molecule is NC(CCCl)(CCCl)CCCCl. The largest absolute Gasteiger partial charge is 0.325 e. The van der Waals surface area contributed by atoms with Crippen molar-refractivity contribution >= 4 is 34.8 Å². The third-order valence-corrected chi connectivity index (χ3v) is 2.64. The second kappa shape index (κ2) is 7.25. The second-order valence-corrected chi connectivity index (χ2v) is 4.17. The molecule has 0 heterocycles. The Bertz CT molecular complexity index is 102. The van der Waals surface area contributed by atoms with Crippen molar-refractivity contribution in [2.24, 2.45) is 5.73 Å². The van der Waals surface area contributed by atoms with Gasteiger partial charge in [-0.05, 0) is 25.7 Å². The van der Waals surface area contributed by atoms with E-state index in [2.05, 4.69) is 0 Å². The van der Waals surface area contributed by atoms with Crippen LogP contribution >= 0.6 is 34.8 Å². The first-order valence-corrected chi connectivity index (χ1v) is 5.75. The minimum atomic E-state index is -0.196. The fraction of sp³-hybridized carbons (Fsp3) is 1.00. The summed E-state index contributed by atoms with van der Waals surface area (Å²) in [6.45, 7) is 0. The highest BCUT2D eigenvalue weighted by atomic mass is 35.5. The molecule has 0 spiro atoms. The molecule has 0 aliphatic carbocycles. The molecule has 0 aromatic rings. The standard InChI is InChI=1S/C8H16Cl3N/c9-5-1-2-8(12,3-6-10)4-7-11/h1-7,12H2. The fourth-order valence-corrected chi connectivity index (χ4v) is 2.06. The minimum absolute atomic E-state index is 0.196. The maximum Gasteiger partial charge on any atom is 0.0240 e. The van der Waals surface area contributed by atoms with E-state index in [9.17, 15) is 0 Å². The van der Waals surface area contributed by atoms with Gasteiger partial charge >= 0.3 is 0 Å². The molecule has 0 aliphatic rings. The third-order valence-electron chi connectivity index (χ3n) is 1.99. The van der Waals surface area contributed by atoms with Crippen LogP contribution < -0.4 is 5.73 Å². The van der Waals surface area contributed by atoms with Gasteiger partial charge < -0.3 is 5.73 Å². The zero-order valence-electron chi connectivity index (χ0n) is 7.16. The number of hydrogen-bond donors (Lipinski definition) is 1. The van der Waals surface area contributed by atoms with Gasteiger partial charge in [0.15, 0.2) is 0 Å². The van der Waals surface area contributed by atoms with Gasteiger partial charge in [-0.1, -0.05) is 0 Å². The van der Waals surface area contributed by atoms with Crippen molar-refractivity contribution in [3.63, 3.8) is 0 Å². The number of hydrogen-bond acceptors (Lipinski definition) is 1. The number of halogens is 3. The highest BCUT2D eigenvalue weighted by molar-refractivity contribution is 6.18. The van der Waals surface area contributed by atoms with Gasteiger partial charge in [0.05, 0.1) is 0 Å². The summed E-state index contributed by atoms with van der Waals surface area (Å²) in [5.41, 5.74) is 5.88. The fourth-order valence-electron chi connectivity index (χ4n) is 1.17. The Labute approximate surface area is 89.5 Å². The van der Waals surface area contributed by atoms with E-state index in [1.807, 2.05) is 0 Å². The molecule has 12 heavy (non-hydrogen) atoms. The Morgan fingerprint density at radius 2 is 1.33 bits per heavy atom. The van der Waals surface area contributed by atoms with Crippen molar-refractivity contribution in [2.75, 3.05) is 17.6 Å². The van der Waals surface area contributed by atoms with Crippen LogP contribution in [-0.4, -0.2) is 23.2 Å². The number of nitrogens with two attached hydrogens (primary N) is 1. The number of alkyl halides is 3. The first kappa shape index (κ1) is 12.8. The lowest BCUT2D eigenvalue weighted by Gasteiger charge is -2.27. The molecular weight excluding hydrogens is 216 g/mol. The van der Waals surface area contributed by atoms with Crippen LogP contribution in [0, 0.1) is 0 Å². The predicted octanol–water partition coefficient (Wildman–Crippen LogP) is 2.96. The molecule has 74 valence electrons. The Hall–Kier alpha value is 0.830. The first-order valence-electron chi connectivity index (χ1n) is 4.15. The van der Waals surface area contributed by atoms with E-state index >= 15 is 0 Å². The summed E-state index contributed by atoms with van der Waals surface area (Å²) in [4.78, 5) is 0. The van der Waals surface area contributed by atoms with Gasteiger partial charge in [-0.25, -0.2) is 0 Å². The topological polar surface area (TPSA) is 26.0 Å². The van der Waals surface area contributed by atoms with Crippen LogP contribution in [0.15, 0.2) is 0 Å². The summed E-state index contributed by atoms with van der Waals surface area (Å²) in [6.07, 6.45) is 3.48. The van der Waals surface area contributed by atoms with Crippen molar-refractivity contribution in [1.29, 1.82) is 0 Å². The molecule has 0 aromatic carbocycles. The van der Waals surface area contributed by atoms with Crippen LogP contribution in [0.2, 0.25) is 0 Å². The van der Waals surface area contributed by atoms with Crippen molar-refractivity contribution < 1.29 is 0 Å². The lowest BCUT2D eigenvalue weighted by Crippen LogP contribution is -2.40. The average Bonchev–Trinajstić information content (AvgIpc) is 2.02. The van der Waals surface area contributed by atoms with Gasteiger partial charge in [0.25, 0.3) is 0 Å². The van der Waals surface area contributed by atoms with Gasteiger partial charge in [-0.2, -0.15) is 0 Å². The molecule has 0 aromatic heterocycles. The van der Waals surface area contributed by atoms with Crippen LogP contribution in [0.4, 0.5) is 0 Å². The van der Waals surface area contributed by atoms with Gasteiger partial charge in [0, 0.05) is 23.2 Å². The van der Waals surface area contributed by atoms with Gasteiger partial charge in [-0.3, -0.25) is 0 Å². The van der Waals surface area contributed by atoms with E-state index in [-0.39, 0.29) is 5.54 Å². The summed E-state index contributed by atoms with van der Waals surface area (Å²) in [6, 6.07) is 0. The molecule has 0 unspecified atom stereocenters. The molecule has 4 heteroatoms. The summed E-state index contributed by atoms with van der Waals surface area (Å²) < 4.78 is 0. The van der Waals surface area contributed by atoms with Crippen molar-refractivity contribution in [1.82, 2.24) is 0 Å². The molecule has 0 saturated carbocycles. The van der Waals surface area contributed by atoms with E-state index in [0.717, 1.165) is 25.7 Å². The van der Waals surface area contributed by atoms with Crippen molar-refractivity contribution in [3.8, 4) is 0 Å². The molecular formula is C8H16Cl3N. The van der Waals surface area contributed by atoms with E-state index in [1.54, 1.807) is 0 Å². The quantitative estimate of drug-likeness (QED) is 0.671. The molecule has 0 saturated heterocycles. The van der Waals surface area contributed by atoms with E-state index < -0.39 is 0 Å². The maximum absolute atomic E-state index is 6.08. The summed E-state index contributed by atoms with van der Waals surface area (Å²) in [5, 5.41) is 0. The highest BCUT2D eigenvalue weighted by Gasteiger charge is 2.22. The lowest BCUT2D eigenvalue weighted by atomic mass is 9.89. The van der Waals surface area contributed by atoms with Crippen LogP contribution in [0.5, 0.6) is 0 Å². The molecule has 0 rings (SSSR count). The van der Waals surface area contributed by atoms with Crippen LogP contribution in [0.3, 0.4) is 0 Å². The Morgan fingerprint density at radius 3 is 1.67 bits per heavy atom. The smallest absolute Gasteiger partial charge is 0.0240 e. The van der Waals surface area contributed by atoms with E-state index in [0.29, 0.717) is 17.6 Å². The summed E-state index contributed by atoms with van der Waals surface area (Å²) >= 11 is 16.9. The third kappa shape index (κ3) is 5.47. The maximum atomic E-state index is 6.08. The van der Waals surface area contributed by atoms with Crippen LogP contribution in [0.25, 0.3) is 0 Å². The molecule has 0 radical (unpaired) electrons. The van der Waals surface area contributed by atoms with E-state index in [1.165, 1.54) is 0 Å². The minimum Gasteiger partial charge on any atom is -0.325 e. The number of rotatable bonds is 7. The van der Waals surface area contributed by atoms with Gasteiger partial charge in [-0.15, -0.1) is 34.8 Å². The highest BCUT2D eigenvalue weighted by Crippen LogP contribution is 2.20. The molecule has 0 fully saturated rings. The average molecular weight is 233 g/mol. The van der Waals surface area contributed by atoms with Crippen LogP contribution in [-0.2, 0) is 0 Å². The normalized spacial score (nSPS) is 12.0. The lowest BCUT2D eigenvalue weighted by molar-refractivity contribution is 0.368. The van der Waals surface area contributed by atoms with Crippen molar-refractivity contribution in [2.45, 2.75) is 31.2 Å². The van der Waals surface area contributed by atoms with Crippen molar-refractivity contribution in [3.05, 3.63) is 0 Å². The molecule has 0 aliphatic heterocycles. The van der Waals surface area contributed by atoms with Crippen LogP contribution in [0.1, 0.15) is 25.7 Å².